The highest BCUT2D eigenvalue weighted by Crippen LogP contribution is 2.18. The second-order valence-corrected chi connectivity index (χ2v) is 4.81. The second-order valence-electron chi connectivity index (χ2n) is 4.81. The van der Waals surface area contributed by atoms with Crippen molar-refractivity contribution in [3.8, 4) is 5.69 Å². The highest BCUT2D eigenvalue weighted by Gasteiger charge is 2.10. The van der Waals surface area contributed by atoms with Crippen molar-refractivity contribution in [2.45, 2.75) is 33.2 Å². The molecule has 2 aromatic rings. The van der Waals surface area contributed by atoms with Crippen molar-refractivity contribution < 1.29 is 4.39 Å². The van der Waals surface area contributed by atoms with E-state index in [-0.39, 0.29) is 11.9 Å². The molecule has 1 unspecified atom stereocenters. The first-order valence-electron chi connectivity index (χ1n) is 6.05. The van der Waals surface area contributed by atoms with E-state index in [9.17, 15) is 4.39 Å². The largest absolute Gasteiger partial charge is 0.328 e. The van der Waals surface area contributed by atoms with Gasteiger partial charge in [-0.25, -0.2) is 9.07 Å². The second kappa shape index (κ2) is 4.90. The molecular formula is C14H18FN3. The zero-order valence-corrected chi connectivity index (χ0v) is 10.9. The number of aryl methyl sites for hydroxylation is 2. The minimum absolute atomic E-state index is 0.0314. The van der Waals surface area contributed by atoms with Crippen LogP contribution in [0.2, 0.25) is 0 Å². The Bertz CT molecular complexity index is 558. The van der Waals surface area contributed by atoms with Crippen LogP contribution in [0.4, 0.5) is 4.39 Å². The fraction of sp³-hybridized carbons (Fsp3) is 0.357. The van der Waals surface area contributed by atoms with Crippen LogP contribution >= 0.6 is 0 Å². The van der Waals surface area contributed by atoms with E-state index in [1.807, 2.05) is 32.9 Å². The number of nitrogens with two attached hydrogens (primary N) is 1. The molecule has 1 atom stereocenters. The van der Waals surface area contributed by atoms with Gasteiger partial charge in [0.05, 0.1) is 5.69 Å². The number of benzene rings is 1. The maximum absolute atomic E-state index is 14.1. The minimum Gasteiger partial charge on any atom is -0.328 e. The summed E-state index contributed by atoms with van der Waals surface area (Å²) < 4.78 is 15.7. The Labute approximate surface area is 106 Å². The molecule has 96 valence electrons. The van der Waals surface area contributed by atoms with Crippen molar-refractivity contribution >= 4 is 0 Å². The van der Waals surface area contributed by atoms with Crippen LogP contribution in [0.5, 0.6) is 0 Å². The van der Waals surface area contributed by atoms with Gasteiger partial charge in [-0.3, -0.25) is 0 Å². The monoisotopic (exact) mass is 247 g/mol. The Morgan fingerprint density at radius 1 is 1.33 bits per heavy atom. The molecule has 0 aliphatic rings. The number of rotatable bonds is 3. The summed E-state index contributed by atoms with van der Waals surface area (Å²) in [5, 5.41) is 4.28. The van der Waals surface area contributed by atoms with Crippen LogP contribution in [0.25, 0.3) is 5.69 Å². The molecule has 2 N–H and O–H groups in total. The predicted octanol–water partition coefficient (Wildman–Crippen LogP) is 2.52. The highest BCUT2D eigenvalue weighted by molar-refractivity contribution is 5.38. The molecule has 0 bridgehead atoms. The summed E-state index contributed by atoms with van der Waals surface area (Å²) in [5.74, 6) is -0.264. The van der Waals surface area contributed by atoms with Crippen LogP contribution in [-0.4, -0.2) is 15.8 Å². The molecule has 0 amide bonds. The summed E-state index contributed by atoms with van der Waals surface area (Å²) in [6.45, 7) is 5.72. The Kier molecular flexibility index (Phi) is 3.48. The average molecular weight is 247 g/mol. The summed E-state index contributed by atoms with van der Waals surface area (Å²) >= 11 is 0. The molecule has 0 fully saturated rings. The van der Waals surface area contributed by atoms with Crippen LogP contribution in [-0.2, 0) is 6.42 Å². The van der Waals surface area contributed by atoms with Gasteiger partial charge in [0.25, 0.3) is 0 Å². The summed E-state index contributed by atoms with van der Waals surface area (Å²) in [6.07, 6.45) is 0.675. The van der Waals surface area contributed by atoms with Crippen molar-refractivity contribution in [1.82, 2.24) is 9.78 Å². The molecule has 4 heteroatoms. The zero-order valence-electron chi connectivity index (χ0n) is 10.9. The topological polar surface area (TPSA) is 43.8 Å². The molecule has 18 heavy (non-hydrogen) atoms. The summed E-state index contributed by atoms with van der Waals surface area (Å²) in [7, 11) is 0. The lowest BCUT2D eigenvalue weighted by atomic mass is 10.1. The third-order valence-electron chi connectivity index (χ3n) is 2.81. The Hall–Kier alpha value is -1.68. The van der Waals surface area contributed by atoms with Gasteiger partial charge in [-0.1, -0.05) is 6.07 Å². The molecule has 1 aromatic heterocycles. The molecule has 0 aliphatic heterocycles. The maximum atomic E-state index is 14.1. The van der Waals surface area contributed by atoms with E-state index in [1.54, 1.807) is 10.7 Å². The smallest absolute Gasteiger partial charge is 0.149 e. The van der Waals surface area contributed by atoms with E-state index in [4.69, 9.17) is 5.73 Å². The SMILES string of the molecule is Cc1cc(C)n(-c2ccc(CC(C)N)cc2F)n1. The maximum Gasteiger partial charge on any atom is 0.149 e. The van der Waals surface area contributed by atoms with Crippen LogP contribution in [0, 0.1) is 19.7 Å². The van der Waals surface area contributed by atoms with E-state index in [2.05, 4.69) is 5.10 Å². The molecule has 0 aliphatic carbocycles. The third kappa shape index (κ3) is 2.59. The summed E-state index contributed by atoms with van der Waals surface area (Å²) in [5.41, 5.74) is 8.91. The Balaban J connectivity index is 2.38. The molecule has 2 rings (SSSR count). The van der Waals surface area contributed by atoms with E-state index in [1.165, 1.54) is 6.07 Å². The van der Waals surface area contributed by atoms with Crippen molar-refractivity contribution in [3.63, 3.8) is 0 Å². The van der Waals surface area contributed by atoms with Gasteiger partial charge in [-0.2, -0.15) is 5.10 Å². The van der Waals surface area contributed by atoms with Gasteiger partial charge >= 0.3 is 0 Å². The van der Waals surface area contributed by atoms with Crippen LogP contribution in [0.3, 0.4) is 0 Å². The van der Waals surface area contributed by atoms with Gasteiger partial charge in [0.15, 0.2) is 0 Å². The fourth-order valence-electron chi connectivity index (χ4n) is 2.09. The quantitative estimate of drug-likeness (QED) is 0.905. The molecule has 0 spiro atoms. The van der Waals surface area contributed by atoms with Gasteiger partial charge in [-0.15, -0.1) is 0 Å². The lowest BCUT2D eigenvalue weighted by Gasteiger charge is -2.09. The molecule has 0 radical (unpaired) electrons. The summed E-state index contributed by atoms with van der Waals surface area (Å²) in [4.78, 5) is 0. The highest BCUT2D eigenvalue weighted by atomic mass is 19.1. The summed E-state index contributed by atoms with van der Waals surface area (Å²) in [6, 6.07) is 7.15. The molecule has 0 saturated heterocycles. The van der Waals surface area contributed by atoms with E-state index in [0.717, 1.165) is 17.0 Å². The van der Waals surface area contributed by atoms with Crippen molar-refractivity contribution in [2.24, 2.45) is 5.73 Å². The lowest BCUT2D eigenvalue weighted by molar-refractivity contribution is 0.603. The van der Waals surface area contributed by atoms with Gasteiger partial charge in [0, 0.05) is 11.7 Å². The third-order valence-corrected chi connectivity index (χ3v) is 2.81. The average Bonchev–Trinajstić information content (AvgIpc) is 2.57. The lowest BCUT2D eigenvalue weighted by Crippen LogP contribution is -2.18. The first-order valence-corrected chi connectivity index (χ1v) is 6.05. The van der Waals surface area contributed by atoms with Gasteiger partial charge < -0.3 is 5.73 Å². The van der Waals surface area contributed by atoms with Gasteiger partial charge in [-0.05, 0) is 51.0 Å². The first kappa shape index (κ1) is 12.8. The number of halogens is 1. The molecule has 1 heterocycles. The zero-order chi connectivity index (χ0) is 13.3. The van der Waals surface area contributed by atoms with E-state index >= 15 is 0 Å². The molecule has 1 aromatic carbocycles. The van der Waals surface area contributed by atoms with Crippen LogP contribution in [0.15, 0.2) is 24.3 Å². The number of hydrogen-bond donors (Lipinski definition) is 1. The van der Waals surface area contributed by atoms with Crippen molar-refractivity contribution in [1.29, 1.82) is 0 Å². The Morgan fingerprint density at radius 3 is 2.56 bits per heavy atom. The van der Waals surface area contributed by atoms with Crippen LogP contribution in [0.1, 0.15) is 23.9 Å². The number of aromatic nitrogens is 2. The molecule has 3 nitrogen and oxygen atoms in total. The van der Waals surface area contributed by atoms with Gasteiger partial charge in [0.1, 0.15) is 11.5 Å². The number of hydrogen-bond acceptors (Lipinski definition) is 2. The van der Waals surface area contributed by atoms with Crippen molar-refractivity contribution in [2.75, 3.05) is 0 Å². The van der Waals surface area contributed by atoms with E-state index in [0.29, 0.717) is 12.1 Å². The minimum atomic E-state index is -0.264. The normalized spacial score (nSPS) is 12.7. The van der Waals surface area contributed by atoms with E-state index < -0.39 is 0 Å². The molecule has 0 saturated carbocycles. The van der Waals surface area contributed by atoms with Crippen LogP contribution < -0.4 is 5.73 Å². The fourth-order valence-corrected chi connectivity index (χ4v) is 2.09. The predicted molar refractivity (Wildman–Crippen MR) is 70.3 cm³/mol. The standard InChI is InChI=1S/C14H18FN3/c1-9(16)6-12-4-5-14(13(15)8-12)18-11(3)7-10(2)17-18/h4-5,7-9H,6,16H2,1-3H3. The Morgan fingerprint density at radius 2 is 2.06 bits per heavy atom. The number of nitrogens with zero attached hydrogens (tertiary/aromatic N) is 2. The van der Waals surface area contributed by atoms with Gasteiger partial charge in [0.2, 0.25) is 0 Å². The first-order chi connectivity index (χ1) is 8.47. The van der Waals surface area contributed by atoms with Crippen molar-refractivity contribution in [3.05, 3.63) is 47.0 Å². The molecular weight excluding hydrogens is 229 g/mol.